The van der Waals surface area contributed by atoms with Crippen LogP contribution in [0, 0.1) is 5.82 Å². The Morgan fingerprint density at radius 2 is 1.66 bits per heavy atom. The van der Waals surface area contributed by atoms with E-state index in [2.05, 4.69) is 16.0 Å². The summed E-state index contributed by atoms with van der Waals surface area (Å²) in [5, 5.41) is 8.35. The van der Waals surface area contributed by atoms with Crippen LogP contribution in [0.1, 0.15) is 10.4 Å². The Labute approximate surface area is 167 Å². The third-order valence-corrected chi connectivity index (χ3v) is 4.06. The van der Waals surface area contributed by atoms with Gasteiger partial charge in [0.25, 0.3) is 5.91 Å². The van der Waals surface area contributed by atoms with E-state index in [0.717, 1.165) is 0 Å². The second-order valence-electron chi connectivity index (χ2n) is 6.14. The molecule has 0 fully saturated rings. The molecule has 0 aliphatic heterocycles. The zero-order valence-electron chi connectivity index (χ0n) is 15.7. The van der Waals surface area contributed by atoms with Gasteiger partial charge in [-0.15, -0.1) is 0 Å². The van der Waals surface area contributed by atoms with Crippen LogP contribution in [0.2, 0.25) is 0 Å². The van der Waals surface area contributed by atoms with Crippen molar-refractivity contribution in [3.63, 3.8) is 0 Å². The molecule has 0 saturated carbocycles. The number of anilines is 3. The van der Waals surface area contributed by atoms with Crippen molar-refractivity contribution in [3.8, 4) is 5.75 Å². The zero-order valence-corrected chi connectivity index (χ0v) is 15.7. The van der Waals surface area contributed by atoms with Crippen molar-refractivity contribution in [1.29, 1.82) is 0 Å². The number of carbonyl (C=O) groups excluding carboxylic acids is 2. The fraction of sp³-hybridized carbons (Fsp3) is 0.0909. The predicted molar refractivity (Wildman–Crippen MR) is 111 cm³/mol. The van der Waals surface area contributed by atoms with Crippen molar-refractivity contribution < 1.29 is 18.7 Å². The third kappa shape index (κ3) is 5.55. The van der Waals surface area contributed by atoms with Crippen LogP contribution in [-0.4, -0.2) is 25.5 Å². The van der Waals surface area contributed by atoms with Crippen molar-refractivity contribution in [2.24, 2.45) is 0 Å². The Morgan fingerprint density at radius 1 is 0.897 bits per heavy atom. The van der Waals surface area contributed by atoms with Gasteiger partial charge >= 0.3 is 0 Å². The molecule has 3 aromatic carbocycles. The van der Waals surface area contributed by atoms with Crippen LogP contribution in [0.5, 0.6) is 5.75 Å². The van der Waals surface area contributed by atoms with Gasteiger partial charge < -0.3 is 20.7 Å². The molecule has 0 atom stereocenters. The minimum Gasteiger partial charge on any atom is -0.495 e. The fourth-order valence-corrected chi connectivity index (χ4v) is 2.63. The van der Waals surface area contributed by atoms with Crippen LogP contribution in [-0.2, 0) is 4.79 Å². The van der Waals surface area contributed by atoms with E-state index < -0.39 is 0 Å². The summed E-state index contributed by atoms with van der Waals surface area (Å²) in [5.41, 5.74) is 2.07. The van der Waals surface area contributed by atoms with Gasteiger partial charge in [0.2, 0.25) is 5.91 Å². The van der Waals surface area contributed by atoms with E-state index in [9.17, 15) is 14.0 Å². The van der Waals surface area contributed by atoms with Crippen LogP contribution in [0.15, 0.2) is 72.8 Å². The summed E-state index contributed by atoms with van der Waals surface area (Å²) in [7, 11) is 1.53. The normalized spacial score (nSPS) is 10.1. The van der Waals surface area contributed by atoms with E-state index in [4.69, 9.17) is 4.74 Å². The molecule has 3 aromatic rings. The fourth-order valence-electron chi connectivity index (χ4n) is 2.63. The first kappa shape index (κ1) is 19.9. The molecular weight excluding hydrogens is 373 g/mol. The zero-order chi connectivity index (χ0) is 20.6. The average molecular weight is 393 g/mol. The summed E-state index contributed by atoms with van der Waals surface area (Å²) in [6.07, 6.45) is 0. The molecule has 0 bridgehead atoms. The number of methoxy groups -OCH3 is 1. The Balaban J connectivity index is 1.55. The number of benzene rings is 3. The molecule has 0 spiro atoms. The van der Waals surface area contributed by atoms with Gasteiger partial charge in [-0.05, 0) is 54.6 Å². The summed E-state index contributed by atoms with van der Waals surface area (Å²) >= 11 is 0. The van der Waals surface area contributed by atoms with E-state index in [1.54, 1.807) is 54.6 Å². The van der Waals surface area contributed by atoms with Gasteiger partial charge in [0, 0.05) is 16.9 Å². The van der Waals surface area contributed by atoms with Crippen LogP contribution < -0.4 is 20.7 Å². The van der Waals surface area contributed by atoms with Crippen molar-refractivity contribution in [1.82, 2.24) is 0 Å². The lowest BCUT2D eigenvalue weighted by Gasteiger charge is -2.11. The van der Waals surface area contributed by atoms with Gasteiger partial charge in [0.05, 0.1) is 19.3 Å². The maximum Gasteiger partial charge on any atom is 0.255 e. The lowest BCUT2D eigenvalue weighted by molar-refractivity contribution is -0.114. The highest BCUT2D eigenvalue weighted by Gasteiger charge is 2.10. The SMILES string of the molecule is COc1ccccc1NC(=O)c1ccc(NC(=O)CNc2cccc(F)c2)cc1. The number of hydrogen-bond donors (Lipinski definition) is 3. The topological polar surface area (TPSA) is 79.5 Å². The Hall–Kier alpha value is -3.87. The molecule has 6 nitrogen and oxygen atoms in total. The average Bonchev–Trinajstić information content (AvgIpc) is 2.73. The van der Waals surface area contributed by atoms with Crippen molar-refractivity contribution >= 4 is 28.9 Å². The Morgan fingerprint density at radius 3 is 2.38 bits per heavy atom. The Kier molecular flexibility index (Phi) is 6.42. The standard InChI is InChI=1S/C22H20FN3O3/c1-29-20-8-3-2-7-19(20)26-22(28)15-9-11-17(12-10-15)25-21(27)14-24-18-6-4-5-16(23)13-18/h2-13,24H,14H2,1H3,(H,25,27)(H,26,28). The molecule has 0 unspecified atom stereocenters. The van der Waals surface area contributed by atoms with E-state index >= 15 is 0 Å². The van der Waals surface area contributed by atoms with E-state index in [1.165, 1.54) is 19.2 Å². The number of ether oxygens (including phenoxy) is 1. The van der Waals surface area contributed by atoms with Crippen LogP contribution in [0.4, 0.5) is 21.5 Å². The van der Waals surface area contributed by atoms with Gasteiger partial charge in [-0.3, -0.25) is 9.59 Å². The summed E-state index contributed by atoms with van der Waals surface area (Å²) in [5.74, 6) is -0.395. The molecule has 0 aliphatic carbocycles. The number of para-hydroxylation sites is 2. The largest absolute Gasteiger partial charge is 0.495 e. The second-order valence-corrected chi connectivity index (χ2v) is 6.14. The van der Waals surface area contributed by atoms with Crippen LogP contribution in [0.3, 0.4) is 0 Å². The maximum absolute atomic E-state index is 13.1. The molecule has 2 amide bonds. The molecule has 0 saturated heterocycles. The van der Waals surface area contributed by atoms with E-state index in [0.29, 0.717) is 28.4 Å². The van der Waals surface area contributed by atoms with Gasteiger partial charge in [0.15, 0.2) is 0 Å². The summed E-state index contributed by atoms with van der Waals surface area (Å²) in [4.78, 5) is 24.4. The smallest absolute Gasteiger partial charge is 0.255 e. The lowest BCUT2D eigenvalue weighted by atomic mass is 10.2. The molecule has 3 rings (SSSR count). The molecule has 7 heteroatoms. The monoisotopic (exact) mass is 393 g/mol. The molecule has 29 heavy (non-hydrogen) atoms. The molecule has 148 valence electrons. The summed E-state index contributed by atoms with van der Waals surface area (Å²) < 4.78 is 18.4. The lowest BCUT2D eigenvalue weighted by Crippen LogP contribution is -2.21. The number of nitrogens with one attached hydrogen (secondary N) is 3. The predicted octanol–water partition coefficient (Wildman–Crippen LogP) is 4.14. The van der Waals surface area contributed by atoms with Crippen LogP contribution >= 0.6 is 0 Å². The number of rotatable bonds is 7. The highest BCUT2D eigenvalue weighted by molar-refractivity contribution is 6.05. The number of carbonyl (C=O) groups is 2. The molecule has 0 heterocycles. The van der Waals surface area contributed by atoms with E-state index in [1.807, 2.05) is 6.07 Å². The minimum absolute atomic E-state index is 0.0144. The van der Waals surface area contributed by atoms with Gasteiger partial charge in [-0.1, -0.05) is 18.2 Å². The molecule has 3 N–H and O–H groups in total. The number of amides is 2. The third-order valence-electron chi connectivity index (χ3n) is 4.06. The molecule has 0 radical (unpaired) electrons. The quantitative estimate of drug-likeness (QED) is 0.564. The first-order valence-corrected chi connectivity index (χ1v) is 8.89. The maximum atomic E-state index is 13.1. The summed E-state index contributed by atoms with van der Waals surface area (Å²) in [6.45, 7) is -0.0144. The number of halogens is 1. The van der Waals surface area contributed by atoms with Gasteiger partial charge in [-0.25, -0.2) is 4.39 Å². The van der Waals surface area contributed by atoms with Crippen LogP contribution in [0.25, 0.3) is 0 Å². The highest BCUT2D eigenvalue weighted by Crippen LogP contribution is 2.23. The van der Waals surface area contributed by atoms with Crippen molar-refractivity contribution in [3.05, 3.63) is 84.2 Å². The van der Waals surface area contributed by atoms with Crippen molar-refractivity contribution in [2.45, 2.75) is 0 Å². The summed E-state index contributed by atoms with van der Waals surface area (Å²) in [6, 6.07) is 19.5. The number of hydrogen-bond acceptors (Lipinski definition) is 4. The first-order valence-electron chi connectivity index (χ1n) is 8.89. The molecular formula is C22H20FN3O3. The molecule has 0 aromatic heterocycles. The Bertz CT molecular complexity index is 1010. The highest BCUT2D eigenvalue weighted by atomic mass is 19.1. The van der Waals surface area contributed by atoms with Gasteiger partial charge in [-0.2, -0.15) is 0 Å². The van der Waals surface area contributed by atoms with E-state index in [-0.39, 0.29) is 24.2 Å². The second kappa shape index (κ2) is 9.36. The minimum atomic E-state index is -0.377. The van der Waals surface area contributed by atoms with Gasteiger partial charge in [0.1, 0.15) is 11.6 Å². The first-order chi connectivity index (χ1) is 14.0. The van der Waals surface area contributed by atoms with Crippen molar-refractivity contribution in [2.75, 3.05) is 29.6 Å². The molecule has 0 aliphatic rings.